The monoisotopic (exact) mass is 613 g/mol. The first-order valence-corrected chi connectivity index (χ1v) is 15.9. The number of sulfonamides is 1. The Morgan fingerprint density at radius 2 is 1.59 bits per heavy atom. The highest BCUT2D eigenvalue weighted by Gasteiger charge is 2.36. The molecule has 0 aliphatic carbocycles. The number of benzene rings is 4. The molecule has 5 rings (SSSR count). The van der Waals surface area contributed by atoms with Gasteiger partial charge in [0.1, 0.15) is 11.5 Å². The third-order valence-corrected chi connectivity index (χ3v) is 9.06. The number of para-hydroxylation sites is 2. The van der Waals surface area contributed by atoms with Gasteiger partial charge in [-0.25, -0.2) is 8.42 Å². The maximum absolute atomic E-state index is 14.0. The second-order valence-corrected chi connectivity index (χ2v) is 12.3. The predicted octanol–water partition coefficient (Wildman–Crippen LogP) is 4.70. The van der Waals surface area contributed by atoms with Gasteiger partial charge >= 0.3 is 0 Å². The minimum absolute atomic E-state index is 0.0197. The van der Waals surface area contributed by atoms with E-state index in [1.54, 1.807) is 43.3 Å². The van der Waals surface area contributed by atoms with Crippen LogP contribution in [0, 0.1) is 6.92 Å². The fraction of sp³-hybridized carbons (Fsp3) is 0.235. The lowest BCUT2D eigenvalue weighted by molar-refractivity contribution is -0.128. The molecule has 228 valence electrons. The number of hydrogen-bond acceptors (Lipinski definition) is 6. The van der Waals surface area contributed by atoms with Crippen molar-refractivity contribution in [3.8, 4) is 11.5 Å². The number of nitrogens with zero attached hydrogens (tertiary/aromatic N) is 2. The zero-order valence-electron chi connectivity index (χ0n) is 24.7. The Morgan fingerprint density at radius 1 is 0.932 bits per heavy atom. The Labute approximate surface area is 258 Å². The normalized spacial score (nSPS) is 14.4. The first kappa shape index (κ1) is 30.8. The van der Waals surface area contributed by atoms with Crippen LogP contribution in [0.2, 0.25) is 0 Å². The van der Waals surface area contributed by atoms with Gasteiger partial charge in [-0.15, -0.1) is 0 Å². The molecular formula is C34H35N3O6S. The summed E-state index contributed by atoms with van der Waals surface area (Å²) < 4.78 is 40.8. The van der Waals surface area contributed by atoms with Crippen molar-refractivity contribution in [2.45, 2.75) is 37.9 Å². The van der Waals surface area contributed by atoms with E-state index in [0.29, 0.717) is 35.9 Å². The molecule has 0 fully saturated rings. The standard InChI is InChI=1S/C34H35N3O6S/c1-3-42-30-19-18-28(20-25(30)2)44(40,41)36(22-27-14-8-5-9-15-27)24-33(38)37-23-32(43-31-17-11-10-16-29(31)37)34(39)35-21-26-12-6-4-7-13-26/h4-20,32H,3,21-24H2,1-2H3,(H,35,39). The Hall–Kier alpha value is -4.67. The lowest BCUT2D eigenvalue weighted by atomic mass is 10.1. The van der Waals surface area contributed by atoms with Crippen molar-refractivity contribution in [3.05, 3.63) is 120 Å². The molecule has 1 aliphatic rings. The molecule has 0 spiro atoms. The average Bonchev–Trinajstić information content (AvgIpc) is 3.04. The molecule has 4 aromatic carbocycles. The van der Waals surface area contributed by atoms with Crippen molar-refractivity contribution in [1.82, 2.24) is 9.62 Å². The fourth-order valence-electron chi connectivity index (χ4n) is 5.00. The molecule has 1 heterocycles. The number of aryl methyl sites for hydroxylation is 1. The van der Waals surface area contributed by atoms with Crippen molar-refractivity contribution in [1.29, 1.82) is 0 Å². The Bertz CT molecular complexity index is 1710. The van der Waals surface area contributed by atoms with Gasteiger partial charge in [0, 0.05) is 13.1 Å². The third-order valence-electron chi connectivity index (χ3n) is 7.27. The van der Waals surface area contributed by atoms with E-state index in [9.17, 15) is 18.0 Å². The smallest absolute Gasteiger partial charge is 0.263 e. The predicted molar refractivity (Wildman–Crippen MR) is 168 cm³/mol. The van der Waals surface area contributed by atoms with Gasteiger partial charge in [0.25, 0.3) is 5.91 Å². The number of nitrogens with one attached hydrogen (secondary N) is 1. The number of fused-ring (bicyclic) bond motifs is 1. The zero-order valence-corrected chi connectivity index (χ0v) is 25.5. The quantitative estimate of drug-likeness (QED) is 0.263. The zero-order chi connectivity index (χ0) is 31.1. The van der Waals surface area contributed by atoms with Crippen LogP contribution in [-0.2, 0) is 32.7 Å². The molecule has 0 saturated heterocycles. The first-order chi connectivity index (χ1) is 21.3. The minimum atomic E-state index is -4.11. The maximum atomic E-state index is 14.0. The molecule has 0 saturated carbocycles. The van der Waals surface area contributed by atoms with Crippen LogP contribution in [0.25, 0.3) is 0 Å². The molecule has 2 amide bonds. The van der Waals surface area contributed by atoms with Gasteiger partial charge < -0.3 is 19.7 Å². The number of hydrogen-bond donors (Lipinski definition) is 1. The Kier molecular flexibility index (Phi) is 9.62. The highest BCUT2D eigenvalue weighted by atomic mass is 32.2. The van der Waals surface area contributed by atoms with Crippen molar-refractivity contribution in [3.63, 3.8) is 0 Å². The molecule has 1 unspecified atom stereocenters. The Balaban J connectivity index is 1.41. The molecule has 1 aliphatic heterocycles. The third kappa shape index (κ3) is 7.10. The Morgan fingerprint density at radius 3 is 2.27 bits per heavy atom. The van der Waals surface area contributed by atoms with Crippen molar-refractivity contribution in [2.24, 2.45) is 0 Å². The summed E-state index contributed by atoms with van der Waals surface area (Å²) in [5, 5.41) is 2.88. The van der Waals surface area contributed by atoms with Gasteiger partial charge in [0.15, 0.2) is 6.10 Å². The van der Waals surface area contributed by atoms with Gasteiger partial charge in [0.2, 0.25) is 15.9 Å². The second kappa shape index (κ2) is 13.7. The molecule has 44 heavy (non-hydrogen) atoms. The summed E-state index contributed by atoms with van der Waals surface area (Å²) in [6, 6.07) is 30.2. The van der Waals surface area contributed by atoms with Gasteiger partial charge in [-0.1, -0.05) is 72.8 Å². The van der Waals surface area contributed by atoms with Crippen LogP contribution in [0.3, 0.4) is 0 Å². The number of amides is 2. The van der Waals surface area contributed by atoms with Crippen LogP contribution in [-0.4, -0.2) is 50.3 Å². The molecule has 0 aromatic heterocycles. The van der Waals surface area contributed by atoms with Crippen LogP contribution in [0.1, 0.15) is 23.6 Å². The molecule has 0 bridgehead atoms. The number of carbonyl (C=O) groups is 2. The molecule has 1 N–H and O–H groups in total. The van der Waals surface area contributed by atoms with Crippen molar-refractivity contribution >= 4 is 27.5 Å². The summed E-state index contributed by atoms with van der Waals surface area (Å²) in [5.41, 5.74) is 2.80. The fourth-order valence-corrected chi connectivity index (χ4v) is 6.47. The van der Waals surface area contributed by atoms with E-state index in [2.05, 4.69) is 5.32 Å². The minimum Gasteiger partial charge on any atom is -0.494 e. The number of anilines is 1. The van der Waals surface area contributed by atoms with E-state index in [1.165, 1.54) is 15.3 Å². The van der Waals surface area contributed by atoms with Crippen LogP contribution >= 0.6 is 0 Å². The molecule has 9 nitrogen and oxygen atoms in total. The lowest BCUT2D eigenvalue weighted by Crippen LogP contribution is -2.52. The van der Waals surface area contributed by atoms with Gasteiger partial charge in [0.05, 0.1) is 30.3 Å². The highest BCUT2D eigenvalue weighted by Crippen LogP contribution is 2.34. The summed E-state index contributed by atoms with van der Waals surface area (Å²) >= 11 is 0. The molecular weight excluding hydrogens is 578 g/mol. The largest absolute Gasteiger partial charge is 0.494 e. The van der Waals surface area contributed by atoms with Crippen molar-refractivity contribution in [2.75, 3.05) is 24.6 Å². The van der Waals surface area contributed by atoms with Crippen LogP contribution in [0.4, 0.5) is 5.69 Å². The van der Waals surface area contributed by atoms with E-state index in [0.717, 1.165) is 11.1 Å². The summed E-state index contributed by atoms with van der Waals surface area (Å²) in [6.45, 7) is 3.86. The summed E-state index contributed by atoms with van der Waals surface area (Å²) in [5.74, 6) is 0.105. The summed E-state index contributed by atoms with van der Waals surface area (Å²) in [7, 11) is -4.11. The van der Waals surface area contributed by atoms with E-state index < -0.39 is 28.6 Å². The molecule has 1 atom stereocenters. The number of carbonyl (C=O) groups excluding carboxylic acids is 2. The summed E-state index contributed by atoms with van der Waals surface area (Å²) in [4.78, 5) is 28.7. The van der Waals surface area contributed by atoms with E-state index in [1.807, 2.05) is 67.6 Å². The molecule has 10 heteroatoms. The molecule has 0 radical (unpaired) electrons. The van der Waals surface area contributed by atoms with Gasteiger partial charge in [-0.05, 0) is 60.9 Å². The van der Waals surface area contributed by atoms with Gasteiger partial charge in [-0.2, -0.15) is 4.31 Å². The average molecular weight is 614 g/mol. The molecule has 4 aromatic rings. The number of ether oxygens (including phenoxy) is 2. The highest BCUT2D eigenvalue weighted by molar-refractivity contribution is 7.89. The van der Waals surface area contributed by atoms with E-state index >= 15 is 0 Å². The maximum Gasteiger partial charge on any atom is 0.263 e. The van der Waals surface area contributed by atoms with Crippen molar-refractivity contribution < 1.29 is 27.5 Å². The SMILES string of the molecule is CCOc1ccc(S(=O)(=O)N(CC(=O)N2CC(C(=O)NCc3ccccc3)Oc3ccccc32)Cc2ccccc2)cc1C. The van der Waals surface area contributed by atoms with Crippen LogP contribution < -0.4 is 19.7 Å². The van der Waals surface area contributed by atoms with E-state index in [-0.39, 0.29) is 23.9 Å². The first-order valence-electron chi connectivity index (χ1n) is 14.4. The van der Waals surface area contributed by atoms with E-state index in [4.69, 9.17) is 9.47 Å². The number of rotatable bonds is 11. The summed E-state index contributed by atoms with van der Waals surface area (Å²) in [6.07, 6.45) is -0.981. The second-order valence-electron chi connectivity index (χ2n) is 10.4. The van der Waals surface area contributed by atoms with Gasteiger partial charge in [-0.3, -0.25) is 9.59 Å². The lowest BCUT2D eigenvalue weighted by Gasteiger charge is -2.35. The van der Waals surface area contributed by atoms with Crippen LogP contribution in [0.15, 0.2) is 108 Å². The van der Waals surface area contributed by atoms with Crippen LogP contribution in [0.5, 0.6) is 11.5 Å². The topological polar surface area (TPSA) is 105 Å².